The normalized spacial score (nSPS) is 10.2. The molecule has 1 amide bonds. The second-order valence-electron chi connectivity index (χ2n) is 4.10. The second kappa shape index (κ2) is 7.98. The number of ether oxygens (including phenoxy) is 1. The molecule has 0 aliphatic heterocycles. The van der Waals surface area contributed by atoms with Gasteiger partial charge in [0, 0.05) is 19.3 Å². The molecule has 0 aromatic heterocycles. The van der Waals surface area contributed by atoms with E-state index < -0.39 is 0 Å². The Balaban J connectivity index is 2.30. The zero-order chi connectivity index (χ0) is 13.4. The molecule has 100 valence electrons. The van der Waals surface area contributed by atoms with Crippen LogP contribution in [-0.2, 0) is 11.2 Å². The Labute approximate surface area is 114 Å². The summed E-state index contributed by atoms with van der Waals surface area (Å²) in [4.78, 5) is 13.1. The summed E-state index contributed by atoms with van der Waals surface area (Å²) >= 11 is 5.52. The van der Waals surface area contributed by atoms with Gasteiger partial charge in [-0.2, -0.15) is 0 Å². The average Bonchev–Trinajstić information content (AvgIpc) is 2.39. The van der Waals surface area contributed by atoms with Gasteiger partial charge in [-0.15, -0.1) is 11.6 Å². The maximum Gasteiger partial charge on any atom is 0.223 e. The SMILES string of the molecule is CCc1ccc(OCCN(C)C(=O)CCCl)cc1. The summed E-state index contributed by atoms with van der Waals surface area (Å²) in [5.41, 5.74) is 1.29. The molecule has 0 unspecified atom stereocenters. The molecule has 1 aromatic carbocycles. The summed E-state index contributed by atoms with van der Waals surface area (Å²) in [6.45, 7) is 3.19. The molecule has 0 saturated carbocycles. The van der Waals surface area contributed by atoms with Crippen molar-refractivity contribution in [1.82, 2.24) is 4.90 Å². The molecule has 0 fully saturated rings. The van der Waals surface area contributed by atoms with Crippen LogP contribution >= 0.6 is 11.6 Å². The van der Waals surface area contributed by atoms with Crippen LogP contribution in [0.5, 0.6) is 5.75 Å². The van der Waals surface area contributed by atoms with Crippen LogP contribution in [0.4, 0.5) is 0 Å². The molecule has 0 N–H and O–H groups in total. The number of nitrogens with zero attached hydrogens (tertiary/aromatic N) is 1. The molecule has 0 aliphatic rings. The van der Waals surface area contributed by atoms with Gasteiger partial charge in [0.25, 0.3) is 0 Å². The first kappa shape index (κ1) is 14.8. The lowest BCUT2D eigenvalue weighted by Gasteiger charge is -2.17. The first-order valence-electron chi connectivity index (χ1n) is 6.19. The van der Waals surface area contributed by atoms with Gasteiger partial charge in [-0.3, -0.25) is 4.79 Å². The predicted octanol–water partition coefficient (Wildman–Crippen LogP) is 2.72. The van der Waals surface area contributed by atoms with Gasteiger partial charge < -0.3 is 9.64 Å². The molecule has 18 heavy (non-hydrogen) atoms. The van der Waals surface area contributed by atoms with Crippen molar-refractivity contribution >= 4 is 17.5 Å². The minimum atomic E-state index is 0.0509. The predicted molar refractivity (Wildman–Crippen MR) is 74.3 cm³/mol. The van der Waals surface area contributed by atoms with Crippen LogP contribution < -0.4 is 4.74 Å². The van der Waals surface area contributed by atoms with Crippen LogP contribution in [0.25, 0.3) is 0 Å². The van der Waals surface area contributed by atoms with Crippen molar-refractivity contribution in [2.24, 2.45) is 0 Å². The fraction of sp³-hybridized carbons (Fsp3) is 0.500. The number of hydrogen-bond acceptors (Lipinski definition) is 2. The smallest absolute Gasteiger partial charge is 0.223 e. The molecule has 1 rings (SSSR count). The minimum Gasteiger partial charge on any atom is -0.492 e. The number of alkyl halides is 1. The lowest BCUT2D eigenvalue weighted by Crippen LogP contribution is -2.30. The summed E-state index contributed by atoms with van der Waals surface area (Å²) in [5.74, 6) is 1.25. The quantitative estimate of drug-likeness (QED) is 0.713. The fourth-order valence-corrected chi connectivity index (χ4v) is 1.68. The number of amides is 1. The maximum absolute atomic E-state index is 11.5. The van der Waals surface area contributed by atoms with Gasteiger partial charge in [0.1, 0.15) is 12.4 Å². The highest BCUT2D eigenvalue weighted by Gasteiger charge is 2.07. The number of halogens is 1. The Kier molecular flexibility index (Phi) is 6.58. The monoisotopic (exact) mass is 269 g/mol. The third kappa shape index (κ3) is 4.96. The highest BCUT2D eigenvalue weighted by Crippen LogP contribution is 2.12. The van der Waals surface area contributed by atoms with Gasteiger partial charge in [0.15, 0.2) is 0 Å². The van der Waals surface area contributed by atoms with Crippen molar-refractivity contribution in [3.63, 3.8) is 0 Å². The van der Waals surface area contributed by atoms with E-state index in [2.05, 4.69) is 19.1 Å². The molecule has 0 heterocycles. The highest BCUT2D eigenvalue weighted by atomic mass is 35.5. The summed E-state index contributed by atoms with van der Waals surface area (Å²) in [6, 6.07) is 8.02. The lowest BCUT2D eigenvalue weighted by molar-refractivity contribution is -0.129. The highest BCUT2D eigenvalue weighted by molar-refractivity contribution is 6.18. The van der Waals surface area contributed by atoms with Crippen LogP contribution in [0.1, 0.15) is 18.9 Å². The number of rotatable bonds is 7. The van der Waals surface area contributed by atoms with E-state index in [4.69, 9.17) is 16.3 Å². The number of likely N-dealkylation sites (N-methyl/N-ethyl adjacent to an activating group) is 1. The van der Waals surface area contributed by atoms with Crippen molar-refractivity contribution in [3.05, 3.63) is 29.8 Å². The molecular formula is C14H20ClNO2. The first-order chi connectivity index (χ1) is 8.67. The van der Waals surface area contributed by atoms with E-state index in [1.54, 1.807) is 11.9 Å². The van der Waals surface area contributed by atoms with Crippen LogP contribution in [0.2, 0.25) is 0 Å². The Morgan fingerprint density at radius 2 is 2.00 bits per heavy atom. The minimum absolute atomic E-state index is 0.0509. The van der Waals surface area contributed by atoms with Crippen molar-refractivity contribution in [3.8, 4) is 5.75 Å². The largest absolute Gasteiger partial charge is 0.492 e. The number of aryl methyl sites for hydroxylation is 1. The summed E-state index contributed by atoms with van der Waals surface area (Å²) in [6.07, 6.45) is 1.40. The van der Waals surface area contributed by atoms with E-state index in [0.717, 1.165) is 12.2 Å². The molecule has 0 radical (unpaired) electrons. The van der Waals surface area contributed by atoms with E-state index in [-0.39, 0.29) is 5.91 Å². The van der Waals surface area contributed by atoms with Crippen molar-refractivity contribution in [2.75, 3.05) is 26.1 Å². The van der Waals surface area contributed by atoms with E-state index in [1.165, 1.54) is 5.56 Å². The Hall–Kier alpha value is -1.22. The Bertz CT molecular complexity index is 365. The number of hydrogen-bond donors (Lipinski definition) is 0. The van der Waals surface area contributed by atoms with Gasteiger partial charge >= 0.3 is 0 Å². The van der Waals surface area contributed by atoms with E-state index >= 15 is 0 Å². The molecular weight excluding hydrogens is 250 g/mol. The van der Waals surface area contributed by atoms with Gasteiger partial charge in [-0.1, -0.05) is 19.1 Å². The topological polar surface area (TPSA) is 29.5 Å². The average molecular weight is 270 g/mol. The number of benzene rings is 1. The molecule has 0 atom stereocenters. The van der Waals surface area contributed by atoms with E-state index in [9.17, 15) is 4.79 Å². The summed E-state index contributed by atoms with van der Waals surface area (Å²) in [7, 11) is 1.76. The lowest BCUT2D eigenvalue weighted by atomic mass is 10.2. The fourth-order valence-electron chi connectivity index (χ4n) is 1.52. The Morgan fingerprint density at radius 1 is 1.33 bits per heavy atom. The molecule has 0 spiro atoms. The molecule has 0 aliphatic carbocycles. The van der Waals surface area contributed by atoms with E-state index in [0.29, 0.717) is 25.5 Å². The Morgan fingerprint density at radius 3 is 2.56 bits per heavy atom. The van der Waals surface area contributed by atoms with Gasteiger partial charge in [0.2, 0.25) is 5.91 Å². The van der Waals surface area contributed by atoms with Crippen LogP contribution in [0.15, 0.2) is 24.3 Å². The van der Waals surface area contributed by atoms with Gasteiger partial charge in [0.05, 0.1) is 6.54 Å². The molecule has 3 nitrogen and oxygen atoms in total. The third-order valence-electron chi connectivity index (χ3n) is 2.76. The maximum atomic E-state index is 11.5. The van der Waals surface area contributed by atoms with E-state index in [1.807, 2.05) is 12.1 Å². The standard InChI is InChI=1S/C14H20ClNO2/c1-3-12-4-6-13(7-5-12)18-11-10-16(2)14(17)8-9-15/h4-7H,3,8-11H2,1-2H3. The van der Waals surface area contributed by atoms with Crippen LogP contribution in [-0.4, -0.2) is 36.9 Å². The zero-order valence-corrected chi connectivity index (χ0v) is 11.7. The number of carbonyl (C=O) groups is 1. The van der Waals surface area contributed by atoms with Crippen molar-refractivity contribution in [2.45, 2.75) is 19.8 Å². The first-order valence-corrected chi connectivity index (χ1v) is 6.72. The molecule has 0 saturated heterocycles. The summed E-state index contributed by atoms with van der Waals surface area (Å²) in [5, 5.41) is 0. The molecule has 4 heteroatoms. The zero-order valence-electron chi connectivity index (χ0n) is 11.0. The molecule has 0 bridgehead atoms. The van der Waals surface area contributed by atoms with Gasteiger partial charge in [-0.25, -0.2) is 0 Å². The number of carbonyl (C=O) groups excluding carboxylic acids is 1. The van der Waals surface area contributed by atoms with Crippen LogP contribution in [0, 0.1) is 0 Å². The second-order valence-corrected chi connectivity index (χ2v) is 4.48. The molecule has 1 aromatic rings. The van der Waals surface area contributed by atoms with Crippen molar-refractivity contribution < 1.29 is 9.53 Å². The third-order valence-corrected chi connectivity index (χ3v) is 2.95. The summed E-state index contributed by atoms with van der Waals surface area (Å²) < 4.78 is 5.58. The van der Waals surface area contributed by atoms with Crippen molar-refractivity contribution in [1.29, 1.82) is 0 Å². The van der Waals surface area contributed by atoms with Gasteiger partial charge in [-0.05, 0) is 24.1 Å². The van der Waals surface area contributed by atoms with Crippen LogP contribution in [0.3, 0.4) is 0 Å².